The maximum absolute atomic E-state index is 12.5. The van der Waals surface area contributed by atoms with Gasteiger partial charge in [-0.2, -0.15) is 13.2 Å². The Kier molecular flexibility index (Phi) is 2.98. The van der Waals surface area contributed by atoms with Crippen molar-refractivity contribution < 1.29 is 27.8 Å². The van der Waals surface area contributed by atoms with Crippen molar-refractivity contribution in [3.05, 3.63) is 34.9 Å². The van der Waals surface area contributed by atoms with Gasteiger partial charge >= 0.3 is 12.1 Å². The Balaban J connectivity index is 2.47. The van der Waals surface area contributed by atoms with E-state index < -0.39 is 23.3 Å². The van der Waals surface area contributed by atoms with Crippen LogP contribution in [0.15, 0.2) is 23.8 Å². The van der Waals surface area contributed by atoms with Crippen LogP contribution in [-0.2, 0) is 11.0 Å². The van der Waals surface area contributed by atoms with E-state index in [2.05, 4.69) is 0 Å². The summed E-state index contributed by atoms with van der Waals surface area (Å²) in [5.41, 5.74) is -2.16. The van der Waals surface area contributed by atoms with Crippen LogP contribution in [0.3, 0.4) is 0 Å². The van der Waals surface area contributed by atoms with Crippen LogP contribution in [0.25, 0.3) is 6.08 Å². The van der Waals surface area contributed by atoms with E-state index in [-0.39, 0.29) is 16.9 Å². The molecule has 0 radical (unpaired) electrons. The number of alkyl halides is 4. The Labute approximate surface area is 104 Å². The number of carboxylic acid groups (broad SMARTS) is 1. The lowest BCUT2D eigenvalue weighted by Crippen LogP contribution is -2.22. The average molecular weight is 279 g/mol. The molecule has 1 aliphatic heterocycles. The first-order chi connectivity index (χ1) is 8.29. The van der Waals surface area contributed by atoms with E-state index >= 15 is 0 Å². The van der Waals surface area contributed by atoms with E-state index in [1.807, 2.05) is 0 Å². The molecule has 7 heteroatoms. The van der Waals surface area contributed by atoms with Gasteiger partial charge in [-0.3, -0.25) is 0 Å². The van der Waals surface area contributed by atoms with Crippen LogP contribution in [-0.4, -0.2) is 16.6 Å². The number of hydrogen-bond donors (Lipinski definition) is 1. The van der Waals surface area contributed by atoms with Crippen molar-refractivity contribution in [3.63, 3.8) is 0 Å². The van der Waals surface area contributed by atoms with Crippen molar-refractivity contribution >= 4 is 23.6 Å². The molecule has 2 rings (SSSR count). The fraction of sp³-hybridized carbons (Fsp3) is 0.182. The maximum Gasteiger partial charge on any atom is 0.416 e. The molecule has 96 valence electrons. The molecule has 1 aromatic carbocycles. The number of aliphatic carboxylic acids is 1. The van der Waals surface area contributed by atoms with Gasteiger partial charge in [0.05, 0.1) is 11.1 Å². The maximum atomic E-state index is 12.5. The molecule has 0 aliphatic carbocycles. The highest BCUT2D eigenvalue weighted by atomic mass is 35.5. The molecule has 1 unspecified atom stereocenters. The largest absolute Gasteiger partial charge is 0.478 e. The second-order valence-corrected chi connectivity index (χ2v) is 3.99. The normalized spacial score (nSPS) is 18.7. The first kappa shape index (κ1) is 12.8. The SMILES string of the molecule is O=C(O)C1=Cc2ccc(C(F)(F)F)cc2OC1Cl. The predicted molar refractivity (Wildman–Crippen MR) is 57.3 cm³/mol. The van der Waals surface area contributed by atoms with Gasteiger partial charge in [0, 0.05) is 5.56 Å². The lowest BCUT2D eigenvalue weighted by molar-refractivity contribution is -0.138. The lowest BCUT2D eigenvalue weighted by atomic mass is 10.0. The van der Waals surface area contributed by atoms with Gasteiger partial charge in [-0.1, -0.05) is 17.7 Å². The highest BCUT2D eigenvalue weighted by molar-refractivity contribution is 6.25. The molecule has 1 atom stereocenters. The molecule has 3 nitrogen and oxygen atoms in total. The van der Waals surface area contributed by atoms with Crippen LogP contribution in [0, 0.1) is 0 Å². The topological polar surface area (TPSA) is 46.5 Å². The molecule has 1 aliphatic rings. The van der Waals surface area contributed by atoms with Gasteiger partial charge in [0.1, 0.15) is 5.75 Å². The second-order valence-electron chi connectivity index (χ2n) is 3.59. The quantitative estimate of drug-likeness (QED) is 0.803. The average Bonchev–Trinajstić information content (AvgIpc) is 2.25. The third kappa shape index (κ3) is 2.28. The summed E-state index contributed by atoms with van der Waals surface area (Å²) in [5, 5.41) is 8.81. The predicted octanol–water partition coefficient (Wildman–Crippen LogP) is 3.13. The third-order valence-corrected chi connectivity index (χ3v) is 2.70. The standard InChI is InChI=1S/C11H6ClF3O3/c12-9-7(10(16)17)3-5-1-2-6(11(13,14)15)4-8(5)18-9/h1-4,9H,(H,16,17). The van der Waals surface area contributed by atoms with Gasteiger partial charge in [0.25, 0.3) is 0 Å². The van der Waals surface area contributed by atoms with Crippen molar-refractivity contribution in [2.75, 3.05) is 0 Å². The van der Waals surface area contributed by atoms with E-state index in [9.17, 15) is 18.0 Å². The molecule has 1 N–H and O–H groups in total. The Morgan fingerprint density at radius 2 is 2.06 bits per heavy atom. The summed E-state index contributed by atoms with van der Waals surface area (Å²) >= 11 is 5.62. The van der Waals surface area contributed by atoms with E-state index in [0.717, 1.165) is 18.2 Å². The van der Waals surface area contributed by atoms with Gasteiger partial charge in [-0.15, -0.1) is 0 Å². The number of hydrogen-bond acceptors (Lipinski definition) is 2. The first-order valence-corrected chi connectivity index (χ1v) is 5.19. The number of fused-ring (bicyclic) bond motifs is 1. The highest BCUT2D eigenvalue weighted by Gasteiger charge is 2.33. The number of benzene rings is 1. The zero-order valence-electron chi connectivity index (χ0n) is 8.66. The summed E-state index contributed by atoms with van der Waals surface area (Å²) in [7, 11) is 0. The minimum absolute atomic E-state index is 0.0881. The zero-order valence-corrected chi connectivity index (χ0v) is 9.42. The smallest absolute Gasteiger partial charge is 0.416 e. The van der Waals surface area contributed by atoms with Crippen LogP contribution < -0.4 is 4.74 Å². The number of ether oxygens (including phenoxy) is 1. The number of carbonyl (C=O) groups is 1. The Morgan fingerprint density at radius 1 is 1.39 bits per heavy atom. The Hall–Kier alpha value is -1.69. The highest BCUT2D eigenvalue weighted by Crippen LogP contribution is 2.37. The number of halogens is 4. The molecule has 0 aromatic heterocycles. The molecule has 18 heavy (non-hydrogen) atoms. The summed E-state index contributed by atoms with van der Waals surface area (Å²) in [6, 6.07) is 2.79. The van der Waals surface area contributed by atoms with Crippen LogP contribution in [0.5, 0.6) is 5.75 Å². The van der Waals surface area contributed by atoms with Crippen LogP contribution in [0.1, 0.15) is 11.1 Å². The minimum Gasteiger partial charge on any atom is -0.478 e. The monoisotopic (exact) mass is 278 g/mol. The Morgan fingerprint density at radius 3 is 2.61 bits per heavy atom. The molecule has 1 aromatic rings. The van der Waals surface area contributed by atoms with Gasteiger partial charge in [-0.05, 0) is 18.2 Å². The zero-order chi connectivity index (χ0) is 13.5. The Bertz CT molecular complexity index is 537. The van der Waals surface area contributed by atoms with E-state index in [0.29, 0.717) is 0 Å². The van der Waals surface area contributed by atoms with E-state index in [1.165, 1.54) is 6.08 Å². The number of carboxylic acids is 1. The van der Waals surface area contributed by atoms with Crippen molar-refractivity contribution in [3.8, 4) is 5.75 Å². The molecular weight excluding hydrogens is 273 g/mol. The lowest BCUT2D eigenvalue weighted by Gasteiger charge is -2.21. The van der Waals surface area contributed by atoms with E-state index in [1.54, 1.807) is 0 Å². The molecule has 0 spiro atoms. The molecule has 0 fully saturated rings. The van der Waals surface area contributed by atoms with Crippen molar-refractivity contribution in [2.45, 2.75) is 11.7 Å². The molecule has 1 heterocycles. The molecule has 0 amide bonds. The number of rotatable bonds is 1. The fourth-order valence-electron chi connectivity index (χ4n) is 1.50. The van der Waals surface area contributed by atoms with Gasteiger partial charge in [-0.25, -0.2) is 4.79 Å². The molecule has 0 saturated heterocycles. The van der Waals surface area contributed by atoms with E-state index in [4.69, 9.17) is 21.4 Å². The summed E-state index contributed by atoms with van der Waals surface area (Å²) in [5.74, 6) is -1.37. The summed E-state index contributed by atoms with van der Waals surface area (Å²) in [4.78, 5) is 10.8. The fourth-order valence-corrected chi connectivity index (χ4v) is 1.75. The van der Waals surface area contributed by atoms with Crippen molar-refractivity contribution in [2.24, 2.45) is 0 Å². The molecule has 0 saturated carbocycles. The van der Waals surface area contributed by atoms with Gasteiger partial charge < -0.3 is 9.84 Å². The van der Waals surface area contributed by atoms with Gasteiger partial charge in [0.15, 0.2) is 0 Å². The first-order valence-electron chi connectivity index (χ1n) is 4.76. The van der Waals surface area contributed by atoms with Crippen LogP contribution >= 0.6 is 11.6 Å². The third-order valence-electron chi connectivity index (χ3n) is 2.37. The molecule has 0 bridgehead atoms. The van der Waals surface area contributed by atoms with Crippen LogP contribution in [0.2, 0.25) is 0 Å². The summed E-state index contributed by atoms with van der Waals surface area (Å²) < 4.78 is 42.3. The summed E-state index contributed by atoms with van der Waals surface area (Å²) in [6.07, 6.45) is -3.30. The summed E-state index contributed by atoms with van der Waals surface area (Å²) in [6.45, 7) is 0. The van der Waals surface area contributed by atoms with Crippen LogP contribution in [0.4, 0.5) is 13.2 Å². The second kappa shape index (κ2) is 4.20. The van der Waals surface area contributed by atoms with Crippen molar-refractivity contribution in [1.29, 1.82) is 0 Å². The van der Waals surface area contributed by atoms with Crippen molar-refractivity contribution in [1.82, 2.24) is 0 Å². The minimum atomic E-state index is -4.49. The van der Waals surface area contributed by atoms with Gasteiger partial charge in [0.2, 0.25) is 5.56 Å². The molecular formula is C11H6ClF3O3.